The Labute approximate surface area is 159 Å². The van der Waals surface area contributed by atoms with Crippen molar-refractivity contribution in [2.75, 3.05) is 18.4 Å². The quantitative estimate of drug-likeness (QED) is 0.854. The van der Waals surface area contributed by atoms with Crippen LogP contribution < -0.4 is 5.32 Å². The molecular formula is C19H21ClN2O3S. The Morgan fingerprint density at radius 1 is 1.19 bits per heavy atom. The molecule has 26 heavy (non-hydrogen) atoms. The maximum atomic E-state index is 13.0. The van der Waals surface area contributed by atoms with Gasteiger partial charge in [0, 0.05) is 24.3 Å². The lowest BCUT2D eigenvalue weighted by Gasteiger charge is -2.30. The average molecular weight is 393 g/mol. The minimum atomic E-state index is -3.73. The smallest absolute Gasteiger partial charge is 0.255 e. The summed E-state index contributed by atoms with van der Waals surface area (Å²) in [5, 5.41) is 2.88. The minimum Gasteiger partial charge on any atom is -0.322 e. The predicted octanol–water partition coefficient (Wildman–Crippen LogP) is 4.01. The molecule has 0 aliphatic carbocycles. The number of hydrogen-bond donors (Lipinski definition) is 1. The van der Waals surface area contributed by atoms with Gasteiger partial charge in [-0.1, -0.05) is 36.7 Å². The van der Waals surface area contributed by atoms with Gasteiger partial charge < -0.3 is 5.32 Å². The monoisotopic (exact) mass is 392 g/mol. The SMILES string of the molecule is CC1CCCN(S(=O)(=O)c2cc(C(=O)Nc3ccccc3)ccc2Cl)C1. The van der Waals surface area contributed by atoms with Crippen molar-refractivity contribution in [2.24, 2.45) is 5.92 Å². The number of rotatable bonds is 4. The molecule has 0 radical (unpaired) electrons. The molecule has 1 atom stereocenters. The van der Waals surface area contributed by atoms with Crippen LogP contribution in [-0.4, -0.2) is 31.7 Å². The van der Waals surface area contributed by atoms with E-state index in [1.54, 1.807) is 12.1 Å². The van der Waals surface area contributed by atoms with Crippen LogP contribution >= 0.6 is 11.6 Å². The van der Waals surface area contributed by atoms with E-state index in [0.717, 1.165) is 12.8 Å². The summed E-state index contributed by atoms with van der Waals surface area (Å²) in [6.45, 7) is 2.98. The Morgan fingerprint density at radius 2 is 1.92 bits per heavy atom. The third kappa shape index (κ3) is 4.09. The summed E-state index contributed by atoms with van der Waals surface area (Å²) in [4.78, 5) is 12.5. The molecule has 0 bridgehead atoms. The largest absolute Gasteiger partial charge is 0.322 e. The first-order valence-electron chi connectivity index (χ1n) is 8.54. The van der Waals surface area contributed by atoms with Gasteiger partial charge in [-0.25, -0.2) is 8.42 Å². The zero-order valence-corrected chi connectivity index (χ0v) is 16.1. The Balaban J connectivity index is 1.88. The second-order valence-corrected chi connectivity index (χ2v) is 8.89. The van der Waals surface area contributed by atoms with Gasteiger partial charge in [-0.15, -0.1) is 0 Å². The molecule has 7 heteroatoms. The van der Waals surface area contributed by atoms with Crippen LogP contribution in [0.5, 0.6) is 0 Å². The van der Waals surface area contributed by atoms with E-state index in [2.05, 4.69) is 5.32 Å². The van der Waals surface area contributed by atoms with Crippen LogP contribution in [0.2, 0.25) is 5.02 Å². The molecule has 1 heterocycles. The highest BCUT2D eigenvalue weighted by molar-refractivity contribution is 7.89. The number of benzene rings is 2. The zero-order chi connectivity index (χ0) is 18.7. The predicted molar refractivity (Wildman–Crippen MR) is 103 cm³/mol. The summed E-state index contributed by atoms with van der Waals surface area (Å²) in [6.07, 6.45) is 1.84. The van der Waals surface area contributed by atoms with E-state index >= 15 is 0 Å². The van der Waals surface area contributed by atoms with Crippen molar-refractivity contribution < 1.29 is 13.2 Å². The van der Waals surface area contributed by atoms with Crippen molar-refractivity contribution in [3.05, 3.63) is 59.1 Å². The van der Waals surface area contributed by atoms with E-state index in [4.69, 9.17) is 11.6 Å². The topological polar surface area (TPSA) is 66.5 Å². The molecule has 0 spiro atoms. The van der Waals surface area contributed by atoms with Crippen molar-refractivity contribution in [3.8, 4) is 0 Å². The standard InChI is InChI=1S/C19H21ClN2O3S/c1-14-6-5-11-22(13-14)26(24,25)18-12-15(9-10-17(18)20)19(23)21-16-7-3-2-4-8-16/h2-4,7-10,12,14H,5-6,11,13H2,1H3,(H,21,23). The number of carbonyl (C=O) groups excluding carboxylic acids is 1. The van der Waals surface area contributed by atoms with Gasteiger partial charge in [-0.3, -0.25) is 4.79 Å². The number of para-hydroxylation sites is 1. The molecule has 3 rings (SSSR count). The van der Waals surface area contributed by atoms with Crippen molar-refractivity contribution >= 4 is 33.2 Å². The van der Waals surface area contributed by atoms with Crippen molar-refractivity contribution in [2.45, 2.75) is 24.7 Å². The van der Waals surface area contributed by atoms with Gasteiger partial charge in [0.2, 0.25) is 10.0 Å². The van der Waals surface area contributed by atoms with Crippen LogP contribution in [0.1, 0.15) is 30.1 Å². The fraction of sp³-hybridized carbons (Fsp3) is 0.316. The lowest BCUT2D eigenvalue weighted by atomic mass is 10.0. The van der Waals surface area contributed by atoms with Crippen LogP contribution in [0.4, 0.5) is 5.69 Å². The summed E-state index contributed by atoms with van der Waals surface area (Å²) in [5.74, 6) is -0.0711. The number of nitrogens with one attached hydrogen (secondary N) is 1. The van der Waals surface area contributed by atoms with Crippen LogP contribution in [0.3, 0.4) is 0 Å². The Hall–Kier alpha value is -1.89. The van der Waals surface area contributed by atoms with Gasteiger partial charge in [0.05, 0.1) is 5.02 Å². The molecule has 138 valence electrons. The molecule has 0 aromatic heterocycles. The third-order valence-corrected chi connectivity index (χ3v) is 6.81. The van der Waals surface area contributed by atoms with Gasteiger partial charge in [0.15, 0.2) is 0 Å². The average Bonchev–Trinajstić information content (AvgIpc) is 2.62. The van der Waals surface area contributed by atoms with Crippen LogP contribution in [0, 0.1) is 5.92 Å². The molecule has 2 aromatic rings. The number of anilines is 1. The molecule has 1 amide bonds. The van der Waals surface area contributed by atoms with E-state index in [1.165, 1.54) is 22.5 Å². The Bertz CT molecular complexity index is 900. The number of sulfonamides is 1. The van der Waals surface area contributed by atoms with Gasteiger partial charge in [-0.2, -0.15) is 4.31 Å². The fourth-order valence-electron chi connectivity index (χ4n) is 3.07. The van der Waals surface area contributed by atoms with E-state index in [1.807, 2.05) is 25.1 Å². The van der Waals surface area contributed by atoms with E-state index in [0.29, 0.717) is 24.7 Å². The highest BCUT2D eigenvalue weighted by Crippen LogP contribution is 2.29. The fourth-order valence-corrected chi connectivity index (χ4v) is 5.17. The van der Waals surface area contributed by atoms with Crippen LogP contribution in [-0.2, 0) is 10.0 Å². The number of piperidine rings is 1. The molecule has 1 aliphatic rings. The molecule has 5 nitrogen and oxygen atoms in total. The number of carbonyl (C=O) groups is 1. The number of amides is 1. The molecule has 1 aliphatic heterocycles. The second kappa shape index (κ2) is 7.78. The van der Waals surface area contributed by atoms with Gasteiger partial charge >= 0.3 is 0 Å². The highest BCUT2D eigenvalue weighted by atomic mass is 35.5. The number of halogens is 1. The summed E-state index contributed by atoms with van der Waals surface area (Å²) < 4.78 is 27.5. The van der Waals surface area contributed by atoms with E-state index < -0.39 is 10.0 Å². The highest BCUT2D eigenvalue weighted by Gasteiger charge is 2.30. The van der Waals surface area contributed by atoms with Gasteiger partial charge in [0.1, 0.15) is 4.90 Å². The van der Waals surface area contributed by atoms with E-state index in [9.17, 15) is 13.2 Å². The van der Waals surface area contributed by atoms with Crippen LogP contribution in [0.15, 0.2) is 53.4 Å². The first-order chi connectivity index (χ1) is 12.4. The molecule has 1 fully saturated rings. The zero-order valence-electron chi connectivity index (χ0n) is 14.5. The van der Waals surface area contributed by atoms with Gasteiger partial charge in [-0.05, 0) is 49.1 Å². The van der Waals surface area contributed by atoms with Crippen LogP contribution in [0.25, 0.3) is 0 Å². The second-order valence-electron chi connectivity index (χ2n) is 6.58. The summed E-state index contributed by atoms with van der Waals surface area (Å²) in [6, 6.07) is 13.3. The van der Waals surface area contributed by atoms with Crippen molar-refractivity contribution in [1.29, 1.82) is 0 Å². The third-order valence-electron chi connectivity index (χ3n) is 4.46. The molecule has 0 saturated carbocycles. The number of nitrogens with zero attached hydrogens (tertiary/aromatic N) is 1. The molecular weight excluding hydrogens is 372 g/mol. The molecule has 1 saturated heterocycles. The van der Waals surface area contributed by atoms with Crippen molar-refractivity contribution in [1.82, 2.24) is 4.31 Å². The lowest BCUT2D eigenvalue weighted by molar-refractivity contribution is 0.102. The van der Waals surface area contributed by atoms with Crippen molar-refractivity contribution in [3.63, 3.8) is 0 Å². The maximum absolute atomic E-state index is 13.0. The number of hydrogen-bond acceptors (Lipinski definition) is 3. The summed E-state index contributed by atoms with van der Waals surface area (Å²) in [7, 11) is -3.73. The maximum Gasteiger partial charge on any atom is 0.255 e. The minimum absolute atomic E-state index is 0.0195. The Kier molecular flexibility index (Phi) is 5.65. The Morgan fingerprint density at radius 3 is 2.62 bits per heavy atom. The van der Waals surface area contributed by atoms with E-state index in [-0.39, 0.29) is 21.4 Å². The molecule has 1 unspecified atom stereocenters. The molecule has 1 N–H and O–H groups in total. The normalized spacial score (nSPS) is 18.5. The first kappa shape index (κ1) is 18.9. The molecule has 2 aromatic carbocycles. The summed E-state index contributed by atoms with van der Waals surface area (Å²) in [5.41, 5.74) is 0.892. The lowest BCUT2D eigenvalue weighted by Crippen LogP contribution is -2.39. The summed E-state index contributed by atoms with van der Waals surface area (Å²) >= 11 is 6.16. The van der Waals surface area contributed by atoms with Gasteiger partial charge in [0.25, 0.3) is 5.91 Å². The first-order valence-corrected chi connectivity index (χ1v) is 10.4.